The average molecular weight is 386 g/mol. The van der Waals surface area contributed by atoms with Gasteiger partial charge < -0.3 is 15.4 Å². The predicted octanol–water partition coefficient (Wildman–Crippen LogP) is 2.78. The molecule has 0 saturated heterocycles. The molecule has 0 aliphatic heterocycles. The van der Waals surface area contributed by atoms with Crippen molar-refractivity contribution in [1.29, 1.82) is 0 Å². The highest BCUT2D eigenvalue weighted by Crippen LogP contribution is 2.12. The van der Waals surface area contributed by atoms with Gasteiger partial charge in [-0.05, 0) is 46.9 Å². The van der Waals surface area contributed by atoms with Gasteiger partial charge in [0.1, 0.15) is 0 Å². The molecule has 0 unspecified atom stereocenters. The Kier molecular flexibility index (Phi) is 5.36. The van der Waals surface area contributed by atoms with Crippen LogP contribution in [-0.4, -0.2) is 29.5 Å². The number of amides is 2. The summed E-state index contributed by atoms with van der Waals surface area (Å²) in [5, 5.41) is 9.60. The number of anilines is 2. The molecule has 106 valence electrons. The summed E-state index contributed by atoms with van der Waals surface area (Å²) in [6, 6.07) is 7.27. The first-order chi connectivity index (χ1) is 9.67. The molecule has 2 aromatic rings. The van der Waals surface area contributed by atoms with Crippen LogP contribution in [0.2, 0.25) is 0 Å². The molecule has 2 amide bonds. The molecule has 0 bridgehead atoms. The van der Waals surface area contributed by atoms with E-state index in [1.54, 1.807) is 24.2 Å². The number of nitrogens with zero attached hydrogens (tertiary/aromatic N) is 2. The third-order valence-corrected chi connectivity index (χ3v) is 3.24. The molecule has 0 fully saturated rings. The van der Waals surface area contributed by atoms with Crippen LogP contribution in [0, 0.1) is 3.57 Å². The topological polar surface area (TPSA) is 68.2 Å². The van der Waals surface area contributed by atoms with E-state index in [-0.39, 0.29) is 6.03 Å². The normalized spacial score (nSPS) is 10.3. The molecular weight excluding hydrogens is 371 g/mol. The van der Waals surface area contributed by atoms with E-state index in [1.807, 2.05) is 24.3 Å². The maximum atomic E-state index is 11.8. The van der Waals surface area contributed by atoms with Crippen molar-refractivity contribution in [2.45, 2.75) is 6.54 Å². The Labute approximate surface area is 130 Å². The number of methoxy groups -OCH3 is 1. The van der Waals surface area contributed by atoms with Crippen LogP contribution in [0.4, 0.5) is 16.2 Å². The van der Waals surface area contributed by atoms with E-state index < -0.39 is 0 Å². The molecule has 1 aromatic heterocycles. The Hall–Kier alpha value is -1.61. The third kappa shape index (κ3) is 4.49. The number of hydrogen-bond acceptors (Lipinski definition) is 3. The van der Waals surface area contributed by atoms with Crippen LogP contribution in [0.3, 0.4) is 0 Å². The van der Waals surface area contributed by atoms with Crippen LogP contribution >= 0.6 is 22.6 Å². The minimum Gasteiger partial charge on any atom is -0.383 e. The number of halogens is 1. The molecule has 2 rings (SSSR count). The van der Waals surface area contributed by atoms with Gasteiger partial charge in [-0.1, -0.05) is 0 Å². The fraction of sp³-hybridized carbons (Fsp3) is 0.231. The molecule has 7 heteroatoms. The lowest BCUT2D eigenvalue weighted by Gasteiger charge is -2.05. The number of rotatable bonds is 5. The summed E-state index contributed by atoms with van der Waals surface area (Å²) in [6.07, 6.45) is 3.36. The second-order valence-electron chi connectivity index (χ2n) is 4.07. The minimum atomic E-state index is -0.294. The van der Waals surface area contributed by atoms with Crippen LogP contribution in [-0.2, 0) is 11.3 Å². The standard InChI is InChI=1S/C13H15IN4O2/c1-20-7-6-18-9-12(8-15-18)17-13(19)16-11-4-2-10(14)3-5-11/h2-5,8-9H,6-7H2,1H3,(H2,16,17,19). The fourth-order valence-corrected chi connectivity index (χ4v) is 1.92. The zero-order chi connectivity index (χ0) is 14.4. The second kappa shape index (κ2) is 7.25. The summed E-state index contributed by atoms with van der Waals surface area (Å²) in [7, 11) is 1.64. The lowest BCUT2D eigenvalue weighted by atomic mass is 10.3. The van der Waals surface area contributed by atoms with Crippen molar-refractivity contribution in [3.8, 4) is 0 Å². The molecule has 0 atom stereocenters. The average Bonchev–Trinajstić information content (AvgIpc) is 2.86. The van der Waals surface area contributed by atoms with E-state index in [9.17, 15) is 4.79 Å². The number of urea groups is 1. The number of carbonyl (C=O) groups excluding carboxylic acids is 1. The molecule has 0 aliphatic carbocycles. The van der Waals surface area contributed by atoms with Gasteiger partial charge in [0.15, 0.2) is 0 Å². The van der Waals surface area contributed by atoms with E-state index in [0.717, 1.165) is 9.26 Å². The molecule has 1 heterocycles. The molecule has 20 heavy (non-hydrogen) atoms. The Morgan fingerprint density at radius 1 is 1.30 bits per heavy atom. The number of ether oxygens (including phenoxy) is 1. The first-order valence-electron chi connectivity index (χ1n) is 6.02. The number of carbonyl (C=O) groups is 1. The Morgan fingerprint density at radius 2 is 2.00 bits per heavy atom. The molecule has 0 aliphatic rings. The summed E-state index contributed by atoms with van der Waals surface area (Å²) in [4.78, 5) is 11.8. The minimum absolute atomic E-state index is 0.294. The maximum absolute atomic E-state index is 11.8. The van der Waals surface area contributed by atoms with Gasteiger partial charge >= 0.3 is 6.03 Å². The molecule has 1 aromatic carbocycles. The van der Waals surface area contributed by atoms with Gasteiger partial charge in [-0.15, -0.1) is 0 Å². The van der Waals surface area contributed by atoms with E-state index in [1.165, 1.54) is 0 Å². The lowest BCUT2D eigenvalue weighted by molar-refractivity contribution is 0.183. The van der Waals surface area contributed by atoms with Crippen LogP contribution < -0.4 is 10.6 Å². The molecule has 6 nitrogen and oxygen atoms in total. The van der Waals surface area contributed by atoms with Crippen LogP contribution in [0.5, 0.6) is 0 Å². The van der Waals surface area contributed by atoms with Gasteiger partial charge in [0.25, 0.3) is 0 Å². The molecule has 0 saturated carbocycles. The summed E-state index contributed by atoms with van der Waals surface area (Å²) < 4.78 is 7.79. The zero-order valence-electron chi connectivity index (χ0n) is 11.0. The lowest BCUT2D eigenvalue weighted by Crippen LogP contribution is -2.19. The second-order valence-corrected chi connectivity index (χ2v) is 5.32. The molecule has 0 radical (unpaired) electrons. The highest BCUT2D eigenvalue weighted by molar-refractivity contribution is 14.1. The molecular formula is C13H15IN4O2. The van der Waals surface area contributed by atoms with Crippen LogP contribution in [0.1, 0.15) is 0 Å². The van der Waals surface area contributed by atoms with Crippen molar-refractivity contribution in [2.75, 3.05) is 24.4 Å². The Balaban J connectivity index is 1.87. The van der Waals surface area contributed by atoms with Gasteiger partial charge in [-0.3, -0.25) is 4.68 Å². The number of aromatic nitrogens is 2. The number of hydrogen-bond donors (Lipinski definition) is 2. The summed E-state index contributed by atoms with van der Waals surface area (Å²) in [5.74, 6) is 0. The largest absolute Gasteiger partial charge is 0.383 e. The number of nitrogens with one attached hydrogen (secondary N) is 2. The number of benzene rings is 1. The maximum Gasteiger partial charge on any atom is 0.323 e. The first kappa shape index (κ1) is 14.8. The van der Waals surface area contributed by atoms with Crippen molar-refractivity contribution in [1.82, 2.24) is 9.78 Å². The van der Waals surface area contributed by atoms with E-state index in [4.69, 9.17) is 4.74 Å². The highest BCUT2D eigenvalue weighted by atomic mass is 127. The zero-order valence-corrected chi connectivity index (χ0v) is 13.1. The third-order valence-electron chi connectivity index (χ3n) is 2.52. The van der Waals surface area contributed by atoms with Gasteiger partial charge in [-0.2, -0.15) is 5.10 Å². The van der Waals surface area contributed by atoms with E-state index in [0.29, 0.717) is 18.8 Å². The highest BCUT2D eigenvalue weighted by Gasteiger charge is 2.04. The van der Waals surface area contributed by atoms with Crippen molar-refractivity contribution in [2.24, 2.45) is 0 Å². The Bertz CT molecular complexity index is 568. The van der Waals surface area contributed by atoms with Crippen molar-refractivity contribution < 1.29 is 9.53 Å². The Morgan fingerprint density at radius 3 is 2.70 bits per heavy atom. The van der Waals surface area contributed by atoms with E-state index >= 15 is 0 Å². The van der Waals surface area contributed by atoms with Gasteiger partial charge in [-0.25, -0.2) is 4.79 Å². The van der Waals surface area contributed by atoms with Crippen molar-refractivity contribution in [3.05, 3.63) is 40.2 Å². The summed E-state index contributed by atoms with van der Waals surface area (Å²) in [6.45, 7) is 1.23. The molecule has 0 spiro atoms. The summed E-state index contributed by atoms with van der Waals surface area (Å²) in [5.41, 5.74) is 1.39. The molecule has 2 N–H and O–H groups in total. The van der Waals surface area contributed by atoms with Crippen LogP contribution in [0.25, 0.3) is 0 Å². The monoisotopic (exact) mass is 386 g/mol. The SMILES string of the molecule is COCCn1cc(NC(=O)Nc2ccc(I)cc2)cn1. The summed E-state index contributed by atoms with van der Waals surface area (Å²) >= 11 is 2.21. The van der Waals surface area contributed by atoms with Gasteiger partial charge in [0.2, 0.25) is 0 Å². The first-order valence-corrected chi connectivity index (χ1v) is 7.10. The van der Waals surface area contributed by atoms with Gasteiger partial charge in [0.05, 0.1) is 25.0 Å². The fourth-order valence-electron chi connectivity index (χ4n) is 1.56. The smallest absolute Gasteiger partial charge is 0.323 e. The van der Waals surface area contributed by atoms with E-state index in [2.05, 4.69) is 38.3 Å². The van der Waals surface area contributed by atoms with Crippen molar-refractivity contribution in [3.63, 3.8) is 0 Å². The van der Waals surface area contributed by atoms with Crippen molar-refractivity contribution >= 4 is 40.0 Å². The quantitative estimate of drug-likeness (QED) is 0.777. The van der Waals surface area contributed by atoms with Gasteiger partial charge in [0, 0.05) is 22.6 Å². The van der Waals surface area contributed by atoms with Crippen LogP contribution in [0.15, 0.2) is 36.7 Å². The predicted molar refractivity (Wildman–Crippen MR) is 85.9 cm³/mol.